The monoisotopic (exact) mass is 344 g/mol. The average Bonchev–Trinajstić information content (AvgIpc) is 2.48. The molecule has 0 heteroatoms. The van der Waals surface area contributed by atoms with E-state index in [0.29, 0.717) is 0 Å². The summed E-state index contributed by atoms with van der Waals surface area (Å²) in [5, 5.41) is 0. The maximum Gasteiger partial charge on any atom is -0.0443 e. The van der Waals surface area contributed by atoms with Crippen LogP contribution in [0.4, 0.5) is 0 Å². The molecule has 0 aromatic rings. The van der Waals surface area contributed by atoms with E-state index in [1.54, 1.807) is 0 Å². The first-order chi connectivity index (χ1) is 10.4. The van der Waals surface area contributed by atoms with Crippen LogP contribution in [0.2, 0.25) is 0 Å². The number of hydrogen-bond acceptors (Lipinski definition) is 0. The van der Waals surface area contributed by atoms with Gasteiger partial charge in [-0.25, -0.2) is 0 Å². The summed E-state index contributed by atoms with van der Waals surface area (Å²) in [6, 6.07) is 0. The van der Waals surface area contributed by atoms with E-state index in [2.05, 4.69) is 55.4 Å². The molecule has 0 bridgehead atoms. The molecule has 2 rings (SSSR count). The predicted molar refractivity (Wildman–Crippen MR) is 119 cm³/mol. The molecule has 24 heavy (non-hydrogen) atoms. The lowest BCUT2D eigenvalue weighted by Crippen LogP contribution is -2.08. The van der Waals surface area contributed by atoms with Gasteiger partial charge in [-0.2, -0.15) is 0 Å². The van der Waals surface area contributed by atoms with Gasteiger partial charge in [0.1, 0.15) is 0 Å². The van der Waals surface area contributed by atoms with E-state index in [1.165, 1.54) is 64.2 Å². The third-order valence-corrected chi connectivity index (χ3v) is 4.61. The van der Waals surface area contributed by atoms with Gasteiger partial charge < -0.3 is 0 Å². The quantitative estimate of drug-likeness (QED) is 0.410. The predicted octanol–water partition coefficient (Wildman–Crippen LogP) is 9.77. The zero-order valence-corrected chi connectivity index (χ0v) is 17.4. The average molecular weight is 345 g/mol. The van der Waals surface area contributed by atoms with Gasteiger partial charge in [-0.05, 0) is 23.7 Å². The molecule has 0 N–H and O–H groups in total. The van der Waals surface area contributed by atoms with Crippen LogP contribution in [-0.2, 0) is 0 Å². The Hall–Kier alpha value is 0. The summed E-state index contributed by atoms with van der Waals surface area (Å²) in [5.74, 6) is 4.08. The van der Waals surface area contributed by atoms with Crippen molar-refractivity contribution in [3.8, 4) is 0 Å². The maximum absolute atomic E-state index is 2.37. The Bertz CT molecular complexity index is 138. The summed E-state index contributed by atoms with van der Waals surface area (Å²) in [6.07, 6.45) is 14.3. The lowest BCUT2D eigenvalue weighted by Gasteiger charge is -2.22. The molecule has 0 aromatic heterocycles. The van der Waals surface area contributed by atoms with Gasteiger partial charge in [0.25, 0.3) is 0 Å². The zero-order valence-electron chi connectivity index (χ0n) is 17.4. The molecule has 0 atom stereocenters. The van der Waals surface area contributed by atoms with Crippen LogP contribution in [0.3, 0.4) is 0 Å². The minimum absolute atomic E-state index is 0. The fourth-order valence-electron chi connectivity index (χ4n) is 2.85. The molecule has 0 aromatic carbocycles. The third-order valence-electron chi connectivity index (χ3n) is 4.61. The van der Waals surface area contributed by atoms with Gasteiger partial charge in [0.2, 0.25) is 0 Å². The Balaban J connectivity index is -0.000000119. The van der Waals surface area contributed by atoms with Crippen LogP contribution >= 0.6 is 0 Å². The van der Waals surface area contributed by atoms with Crippen molar-refractivity contribution in [1.29, 1.82) is 0 Å². The molecular formula is C24H56. The van der Waals surface area contributed by atoms with Crippen LogP contribution in [-0.4, -0.2) is 0 Å². The standard InChI is InChI=1S/2C8H16.2C3H8.2CH4/c2*1-7-3-5-8(2)6-4-7;2*1-3-2;;/h2*7-8H,3-6H2,1-2H3;2*3H2,1-2H3;2*1H4. The van der Waals surface area contributed by atoms with Crippen molar-refractivity contribution in [2.24, 2.45) is 23.7 Å². The van der Waals surface area contributed by atoms with Crippen molar-refractivity contribution in [1.82, 2.24) is 0 Å². The van der Waals surface area contributed by atoms with Gasteiger partial charge >= 0.3 is 0 Å². The molecule has 2 aliphatic carbocycles. The van der Waals surface area contributed by atoms with Crippen molar-refractivity contribution < 1.29 is 0 Å². The van der Waals surface area contributed by atoms with Gasteiger partial charge in [-0.15, -0.1) is 0 Å². The lowest BCUT2D eigenvalue weighted by atomic mass is 9.84. The Labute approximate surface area is 158 Å². The molecule has 2 aliphatic rings. The van der Waals surface area contributed by atoms with Crippen LogP contribution in [0.25, 0.3) is 0 Å². The van der Waals surface area contributed by atoms with E-state index in [1.807, 2.05) is 0 Å². The van der Waals surface area contributed by atoms with E-state index in [-0.39, 0.29) is 14.9 Å². The highest BCUT2D eigenvalue weighted by atomic mass is 14.2. The first-order valence-electron chi connectivity index (χ1n) is 10.4. The van der Waals surface area contributed by atoms with Crippen LogP contribution in [0, 0.1) is 23.7 Å². The number of hydrogen-bond donors (Lipinski definition) is 0. The highest BCUT2D eigenvalue weighted by molar-refractivity contribution is 4.66. The maximum atomic E-state index is 2.37. The fourth-order valence-corrected chi connectivity index (χ4v) is 2.85. The van der Waals surface area contributed by atoms with Crippen LogP contribution in [0.1, 0.15) is 134 Å². The summed E-state index contributed by atoms with van der Waals surface area (Å²) < 4.78 is 0. The molecule has 0 heterocycles. The van der Waals surface area contributed by atoms with Crippen molar-refractivity contribution in [2.45, 2.75) is 134 Å². The molecule has 0 saturated heterocycles. The van der Waals surface area contributed by atoms with E-state index in [4.69, 9.17) is 0 Å². The van der Waals surface area contributed by atoms with Gasteiger partial charge in [0, 0.05) is 0 Å². The molecule has 0 radical (unpaired) electrons. The normalized spacial score (nSPS) is 28.0. The van der Waals surface area contributed by atoms with Crippen LogP contribution < -0.4 is 0 Å². The molecule has 0 amide bonds. The molecule has 0 aliphatic heterocycles. The fraction of sp³-hybridized carbons (Fsp3) is 1.00. The number of rotatable bonds is 0. The second-order valence-corrected chi connectivity index (χ2v) is 8.14. The van der Waals surface area contributed by atoms with Crippen molar-refractivity contribution in [3.05, 3.63) is 0 Å². The van der Waals surface area contributed by atoms with Crippen molar-refractivity contribution in [2.75, 3.05) is 0 Å². The molecular weight excluding hydrogens is 288 g/mol. The van der Waals surface area contributed by atoms with Gasteiger partial charge in [0.05, 0.1) is 0 Å². The Morgan fingerprint density at radius 3 is 0.583 bits per heavy atom. The molecule has 152 valence electrons. The topological polar surface area (TPSA) is 0 Å². The second-order valence-electron chi connectivity index (χ2n) is 8.14. The highest BCUT2D eigenvalue weighted by Gasteiger charge is 2.13. The second kappa shape index (κ2) is 23.0. The van der Waals surface area contributed by atoms with Crippen molar-refractivity contribution in [3.63, 3.8) is 0 Å². The van der Waals surface area contributed by atoms with E-state index >= 15 is 0 Å². The molecule has 0 spiro atoms. The van der Waals surface area contributed by atoms with Gasteiger partial charge in [0.15, 0.2) is 0 Å². The van der Waals surface area contributed by atoms with Gasteiger partial charge in [-0.3, -0.25) is 0 Å². The van der Waals surface area contributed by atoms with E-state index < -0.39 is 0 Å². The third kappa shape index (κ3) is 24.3. The van der Waals surface area contributed by atoms with Crippen molar-refractivity contribution >= 4 is 0 Å². The Morgan fingerprint density at radius 1 is 0.417 bits per heavy atom. The van der Waals surface area contributed by atoms with Crippen LogP contribution in [0.15, 0.2) is 0 Å². The highest BCUT2D eigenvalue weighted by Crippen LogP contribution is 2.27. The minimum Gasteiger partial charge on any atom is -0.0776 e. The lowest BCUT2D eigenvalue weighted by molar-refractivity contribution is 0.308. The zero-order chi connectivity index (χ0) is 17.4. The smallest absolute Gasteiger partial charge is 0.0443 e. The largest absolute Gasteiger partial charge is 0.0776 e. The summed E-state index contributed by atoms with van der Waals surface area (Å²) in [7, 11) is 0. The molecule has 0 nitrogen and oxygen atoms in total. The SMILES string of the molecule is C.C.CC1CCC(C)CC1.CC1CCC(C)CC1.CCC.CCC. The molecule has 2 saturated carbocycles. The Kier molecular flexibility index (Phi) is 30.4. The summed E-state index contributed by atoms with van der Waals surface area (Å²) in [5.41, 5.74) is 0. The summed E-state index contributed by atoms with van der Waals surface area (Å²) >= 11 is 0. The van der Waals surface area contributed by atoms with E-state index in [0.717, 1.165) is 23.7 Å². The van der Waals surface area contributed by atoms with Gasteiger partial charge in [-0.1, -0.05) is 134 Å². The summed E-state index contributed by atoms with van der Waals surface area (Å²) in [4.78, 5) is 0. The minimum atomic E-state index is 0. The van der Waals surface area contributed by atoms with E-state index in [9.17, 15) is 0 Å². The first kappa shape index (κ1) is 31.7. The summed E-state index contributed by atoms with van der Waals surface area (Å²) in [6.45, 7) is 18.0. The first-order valence-corrected chi connectivity index (χ1v) is 10.4. The van der Waals surface area contributed by atoms with Crippen LogP contribution in [0.5, 0.6) is 0 Å². The Morgan fingerprint density at radius 2 is 0.500 bits per heavy atom. The molecule has 2 fully saturated rings. The molecule has 0 unspecified atom stereocenters.